The Kier molecular flexibility index (Phi) is 7.47. The average molecular weight is 475 g/mol. The van der Waals surface area contributed by atoms with Crippen LogP contribution in [0, 0.1) is 5.92 Å². The van der Waals surface area contributed by atoms with Crippen molar-refractivity contribution in [1.29, 1.82) is 0 Å². The van der Waals surface area contributed by atoms with Gasteiger partial charge in [0.2, 0.25) is 11.9 Å². The number of nitrogens with zero attached hydrogens (tertiary/aromatic N) is 3. The Morgan fingerprint density at radius 1 is 1.21 bits per heavy atom. The van der Waals surface area contributed by atoms with Crippen LogP contribution in [0.15, 0.2) is 12.4 Å². The minimum Gasteiger partial charge on any atom is -0.444 e. The molecule has 0 radical (unpaired) electrons. The van der Waals surface area contributed by atoms with Crippen LogP contribution in [0.3, 0.4) is 0 Å². The van der Waals surface area contributed by atoms with Gasteiger partial charge in [-0.1, -0.05) is 0 Å². The van der Waals surface area contributed by atoms with E-state index in [1.54, 1.807) is 40.1 Å². The van der Waals surface area contributed by atoms with E-state index >= 15 is 0 Å². The van der Waals surface area contributed by atoms with Gasteiger partial charge in [0.25, 0.3) is 0 Å². The number of alkyl carbamates (subject to hydrolysis) is 1. The highest BCUT2D eigenvalue weighted by atomic mass is 16.7. The van der Waals surface area contributed by atoms with Gasteiger partial charge in [-0.05, 0) is 67.7 Å². The zero-order valence-corrected chi connectivity index (χ0v) is 21.6. The number of rotatable bonds is 6. The molecule has 2 atom stereocenters. The summed E-state index contributed by atoms with van der Waals surface area (Å²) in [4.78, 5) is 35.4. The van der Waals surface area contributed by atoms with E-state index in [0.717, 1.165) is 25.0 Å². The first-order valence-electron chi connectivity index (χ1n) is 11.9. The third kappa shape index (κ3) is 6.38. The SMILES string of the molecule is C[C@@H](NC(=O)OC(C)(C)C)C(=O)NC[C@@H]1CCN(c2ncc(B3OC(C)(C)C(C)(C)O3)cn2)C1. The summed E-state index contributed by atoms with van der Waals surface area (Å²) in [6.45, 7) is 17.1. The van der Waals surface area contributed by atoms with E-state index in [1.165, 1.54) is 0 Å². The van der Waals surface area contributed by atoms with Crippen LogP contribution >= 0.6 is 0 Å². The molecule has 2 N–H and O–H groups in total. The Labute approximate surface area is 202 Å². The summed E-state index contributed by atoms with van der Waals surface area (Å²) in [5.74, 6) is 0.672. The van der Waals surface area contributed by atoms with Gasteiger partial charge in [-0.2, -0.15) is 0 Å². The summed E-state index contributed by atoms with van der Waals surface area (Å²) >= 11 is 0. The molecule has 3 heterocycles. The van der Waals surface area contributed by atoms with Crippen LogP contribution in [0.4, 0.5) is 10.7 Å². The molecule has 1 aromatic heterocycles. The summed E-state index contributed by atoms with van der Waals surface area (Å²) in [6.07, 6.45) is 3.81. The topological polar surface area (TPSA) is 115 Å². The van der Waals surface area contributed by atoms with Crippen LogP contribution in [0.1, 0.15) is 61.8 Å². The average Bonchev–Trinajstić information content (AvgIpc) is 3.26. The van der Waals surface area contributed by atoms with Crippen LogP contribution in [0.25, 0.3) is 0 Å². The zero-order valence-electron chi connectivity index (χ0n) is 21.6. The molecule has 10 nitrogen and oxygen atoms in total. The fourth-order valence-corrected chi connectivity index (χ4v) is 3.72. The summed E-state index contributed by atoms with van der Waals surface area (Å²) in [6, 6.07) is -0.682. The number of carbonyl (C=O) groups is 2. The minimum absolute atomic E-state index is 0.243. The molecule has 2 aliphatic rings. The molecule has 11 heteroatoms. The largest absolute Gasteiger partial charge is 0.498 e. The van der Waals surface area contributed by atoms with E-state index in [-0.39, 0.29) is 11.8 Å². The lowest BCUT2D eigenvalue weighted by Crippen LogP contribution is -2.47. The monoisotopic (exact) mass is 475 g/mol. The van der Waals surface area contributed by atoms with Gasteiger partial charge < -0.3 is 29.6 Å². The van der Waals surface area contributed by atoms with Crippen molar-refractivity contribution >= 4 is 30.5 Å². The van der Waals surface area contributed by atoms with Gasteiger partial charge in [0.1, 0.15) is 11.6 Å². The molecule has 0 aliphatic carbocycles. The smallest absolute Gasteiger partial charge is 0.444 e. The number of carbonyl (C=O) groups excluding carboxylic acids is 2. The molecule has 2 aliphatic heterocycles. The Balaban J connectivity index is 1.46. The lowest BCUT2D eigenvalue weighted by atomic mass is 9.81. The van der Waals surface area contributed by atoms with E-state index in [4.69, 9.17) is 14.0 Å². The quantitative estimate of drug-likeness (QED) is 0.597. The fraction of sp³-hybridized carbons (Fsp3) is 0.739. The van der Waals surface area contributed by atoms with Crippen molar-refractivity contribution in [1.82, 2.24) is 20.6 Å². The summed E-state index contributed by atoms with van der Waals surface area (Å²) in [5.41, 5.74) is -0.652. The van der Waals surface area contributed by atoms with Crippen LogP contribution in [-0.2, 0) is 18.8 Å². The van der Waals surface area contributed by atoms with Crippen LogP contribution < -0.4 is 21.0 Å². The highest BCUT2D eigenvalue weighted by Gasteiger charge is 2.52. The van der Waals surface area contributed by atoms with E-state index in [2.05, 4.69) is 25.5 Å². The lowest BCUT2D eigenvalue weighted by Gasteiger charge is -2.32. The molecule has 188 valence electrons. The van der Waals surface area contributed by atoms with Gasteiger partial charge in [-0.25, -0.2) is 14.8 Å². The predicted molar refractivity (Wildman–Crippen MR) is 130 cm³/mol. The normalized spacial score (nSPS) is 22.4. The highest BCUT2D eigenvalue weighted by molar-refractivity contribution is 6.61. The van der Waals surface area contributed by atoms with Gasteiger partial charge in [0.05, 0.1) is 11.2 Å². The molecule has 0 saturated carbocycles. The van der Waals surface area contributed by atoms with E-state index in [1.807, 2.05) is 27.7 Å². The first kappa shape index (κ1) is 26.2. The molecule has 3 rings (SSSR count). The van der Waals surface area contributed by atoms with Gasteiger partial charge in [0.15, 0.2) is 0 Å². The van der Waals surface area contributed by atoms with Crippen LogP contribution in [0.5, 0.6) is 0 Å². The minimum atomic E-state index is -0.682. The molecule has 1 aromatic rings. The third-order valence-electron chi connectivity index (χ3n) is 6.44. The second-order valence-corrected chi connectivity index (χ2v) is 11.1. The lowest BCUT2D eigenvalue weighted by molar-refractivity contribution is -0.122. The van der Waals surface area contributed by atoms with E-state index < -0.39 is 36.1 Å². The highest BCUT2D eigenvalue weighted by Crippen LogP contribution is 2.36. The molecule has 0 aromatic carbocycles. The number of anilines is 1. The number of ether oxygens (including phenoxy) is 1. The summed E-state index contributed by atoms with van der Waals surface area (Å²) in [5, 5.41) is 5.48. The first-order valence-corrected chi connectivity index (χ1v) is 11.9. The number of hydrogen-bond acceptors (Lipinski definition) is 8. The van der Waals surface area contributed by atoms with Gasteiger partial charge in [0, 0.05) is 37.5 Å². The van der Waals surface area contributed by atoms with Crippen LogP contribution in [-0.4, -0.2) is 71.6 Å². The first-order chi connectivity index (χ1) is 15.7. The van der Waals surface area contributed by atoms with Crippen LogP contribution in [0.2, 0.25) is 0 Å². The van der Waals surface area contributed by atoms with Crippen molar-refractivity contribution in [3.8, 4) is 0 Å². The van der Waals surface area contributed by atoms with E-state index in [0.29, 0.717) is 12.5 Å². The number of aromatic nitrogens is 2. The second-order valence-electron chi connectivity index (χ2n) is 11.1. The molecule has 0 unspecified atom stereocenters. The summed E-state index contributed by atoms with van der Waals surface area (Å²) in [7, 11) is -0.489. The molecule has 0 bridgehead atoms. The third-order valence-corrected chi connectivity index (χ3v) is 6.44. The van der Waals surface area contributed by atoms with Gasteiger partial charge in [-0.3, -0.25) is 4.79 Å². The Hall–Kier alpha value is -2.40. The zero-order chi connectivity index (χ0) is 25.3. The fourth-order valence-electron chi connectivity index (χ4n) is 3.72. The molecular formula is C23H38BN5O5. The number of amides is 2. The molecule has 34 heavy (non-hydrogen) atoms. The Morgan fingerprint density at radius 2 is 1.79 bits per heavy atom. The van der Waals surface area contributed by atoms with Gasteiger partial charge >= 0.3 is 13.2 Å². The van der Waals surface area contributed by atoms with E-state index in [9.17, 15) is 9.59 Å². The number of hydrogen-bond donors (Lipinski definition) is 2. The standard InChI is InChI=1S/C23H38BN5O5/c1-15(28-20(31)32-21(2,3)4)18(30)25-11-16-9-10-29(14-16)19-26-12-17(13-27-19)24-33-22(5,6)23(7,8)34-24/h12-13,15-16H,9-11,14H2,1-8H3,(H,25,30)(H,28,31)/t15-,16+/m1/s1. The molecule has 0 spiro atoms. The molecule has 2 amide bonds. The maximum Gasteiger partial charge on any atom is 0.498 e. The Morgan fingerprint density at radius 3 is 2.35 bits per heavy atom. The number of nitrogens with one attached hydrogen (secondary N) is 2. The molecular weight excluding hydrogens is 437 g/mol. The van der Waals surface area contributed by atoms with Crippen molar-refractivity contribution in [2.75, 3.05) is 24.5 Å². The summed E-state index contributed by atoms with van der Waals surface area (Å²) < 4.78 is 17.3. The maximum absolute atomic E-state index is 12.4. The van der Waals surface area contributed by atoms with Crippen molar-refractivity contribution in [3.63, 3.8) is 0 Å². The van der Waals surface area contributed by atoms with Crippen molar-refractivity contribution < 1.29 is 23.6 Å². The van der Waals surface area contributed by atoms with Gasteiger partial charge in [-0.15, -0.1) is 0 Å². The molecule has 2 fully saturated rings. The Bertz CT molecular complexity index is 871. The van der Waals surface area contributed by atoms with Crippen molar-refractivity contribution in [2.45, 2.75) is 84.7 Å². The van der Waals surface area contributed by atoms with Crippen molar-refractivity contribution in [2.24, 2.45) is 5.92 Å². The predicted octanol–water partition coefficient (Wildman–Crippen LogP) is 1.63. The van der Waals surface area contributed by atoms with Crippen molar-refractivity contribution in [3.05, 3.63) is 12.4 Å². The second kappa shape index (κ2) is 9.69. The maximum atomic E-state index is 12.4. The molecule has 2 saturated heterocycles.